The van der Waals surface area contributed by atoms with Crippen molar-refractivity contribution in [3.63, 3.8) is 0 Å². The molecule has 1 N–H and O–H groups in total. The second-order valence-corrected chi connectivity index (χ2v) is 5.34. The van der Waals surface area contributed by atoms with Gasteiger partial charge in [0.15, 0.2) is 0 Å². The zero-order valence-corrected chi connectivity index (χ0v) is 12.0. The first-order valence-electron chi connectivity index (χ1n) is 7.10. The van der Waals surface area contributed by atoms with E-state index in [9.17, 15) is 9.59 Å². The van der Waals surface area contributed by atoms with E-state index in [1.165, 1.54) is 24.9 Å². The van der Waals surface area contributed by atoms with Gasteiger partial charge in [0.2, 0.25) is 0 Å². The first-order chi connectivity index (χ1) is 9.61. The molecule has 1 saturated heterocycles. The van der Waals surface area contributed by atoms with Crippen molar-refractivity contribution in [3.8, 4) is 0 Å². The molecule has 0 bridgehead atoms. The van der Waals surface area contributed by atoms with Crippen molar-refractivity contribution >= 4 is 12.0 Å². The first kappa shape index (κ1) is 15.1. The number of carbonyl (C=O) groups excluding carboxylic acids is 1. The lowest BCUT2D eigenvalue weighted by Crippen LogP contribution is -2.54. The van der Waals surface area contributed by atoms with Crippen molar-refractivity contribution in [3.05, 3.63) is 0 Å². The molecule has 1 aliphatic heterocycles. The quantitative estimate of drug-likeness (QED) is 0.739. The van der Waals surface area contributed by atoms with E-state index in [1.54, 1.807) is 4.90 Å². The van der Waals surface area contributed by atoms with Crippen LogP contribution in [0.3, 0.4) is 0 Å². The van der Waals surface area contributed by atoms with E-state index in [0.717, 1.165) is 19.1 Å². The third kappa shape index (κ3) is 4.08. The van der Waals surface area contributed by atoms with Crippen LogP contribution in [-0.4, -0.2) is 90.8 Å². The molecule has 1 aliphatic carbocycles. The van der Waals surface area contributed by atoms with Crippen LogP contribution >= 0.6 is 0 Å². The molecule has 2 aliphatic rings. The van der Waals surface area contributed by atoms with Crippen LogP contribution in [0.2, 0.25) is 0 Å². The fourth-order valence-corrected chi connectivity index (χ4v) is 2.53. The monoisotopic (exact) mass is 285 g/mol. The van der Waals surface area contributed by atoms with Gasteiger partial charge in [-0.15, -0.1) is 0 Å². The van der Waals surface area contributed by atoms with Crippen LogP contribution in [-0.2, 0) is 9.53 Å². The van der Waals surface area contributed by atoms with Crippen LogP contribution in [0, 0.1) is 0 Å². The summed E-state index contributed by atoms with van der Waals surface area (Å²) in [4.78, 5) is 28.7. The zero-order valence-electron chi connectivity index (χ0n) is 12.0. The summed E-state index contributed by atoms with van der Waals surface area (Å²) in [6.45, 7) is 3.52. The fraction of sp³-hybridized carbons (Fsp3) is 0.846. The largest absolute Gasteiger partial charge is 0.480 e. The number of hydrogen-bond donors (Lipinski definition) is 1. The van der Waals surface area contributed by atoms with Gasteiger partial charge in [-0.25, -0.2) is 4.79 Å². The standard InChI is InChI=1S/C13H23N3O4/c1-20-9-8-16(10-12(17)18)13(19)15-6-4-14(5-7-15)11-2-3-11/h11H,2-10H2,1H3,(H,17,18). The Labute approximate surface area is 119 Å². The number of ether oxygens (including phenoxy) is 1. The topological polar surface area (TPSA) is 73.3 Å². The minimum Gasteiger partial charge on any atom is -0.480 e. The first-order valence-corrected chi connectivity index (χ1v) is 7.10. The molecule has 0 atom stereocenters. The molecule has 1 heterocycles. The summed E-state index contributed by atoms with van der Waals surface area (Å²) in [5.41, 5.74) is 0. The molecule has 0 spiro atoms. The maximum absolute atomic E-state index is 12.3. The van der Waals surface area contributed by atoms with Crippen LogP contribution < -0.4 is 0 Å². The predicted octanol–water partition coefficient (Wildman–Crippen LogP) is -0.0806. The summed E-state index contributed by atoms with van der Waals surface area (Å²) in [5.74, 6) is -0.994. The van der Waals surface area contributed by atoms with E-state index >= 15 is 0 Å². The van der Waals surface area contributed by atoms with Gasteiger partial charge in [0, 0.05) is 45.9 Å². The van der Waals surface area contributed by atoms with Crippen molar-refractivity contribution in [2.24, 2.45) is 0 Å². The number of methoxy groups -OCH3 is 1. The molecule has 2 rings (SSSR count). The fourth-order valence-electron chi connectivity index (χ4n) is 2.53. The lowest BCUT2D eigenvalue weighted by Gasteiger charge is -2.37. The molecular formula is C13H23N3O4. The Balaban J connectivity index is 1.84. The normalized spacial score (nSPS) is 19.9. The van der Waals surface area contributed by atoms with E-state index in [-0.39, 0.29) is 12.6 Å². The van der Waals surface area contributed by atoms with Crippen molar-refractivity contribution in [1.29, 1.82) is 0 Å². The molecule has 7 heteroatoms. The Kier molecular flexibility index (Phi) is 5.19. The van der Waals surface area contributed by atoms with Crippen molar-refractivity contribution < 1.29 is 19.4 Å². The van der Waals surface area contributed by atoms with Crippen molar-refractivity contribution in [2.75, 3.05) is 53.0 Å². The Hall–Kier alpha value is -1.34. The maximum atomic E-state index is 12.3. The van der Waals surface area contributed by atoms with E-state index in [4.69, 9.17) is 9.84 Å². The summed E-state index contributed by atoms with van der Waals surface area (Å²) in [5, 5.41) is 8.89. The molecule has 0 aromatic rings. The molecule has 1 saturated carbocycles. The highest BCUT2D eigenvalue weighted by Gasteiger charge is 2.33. The van der Waals surface area contributed by atoms with Crippen LogP contribution in [0.25, 0.3) is 0 Å². The number of carbonyl (C=O) groups is 2. The van der Waals surface area contributed by atoms with Gasteiger partial charge in [-0.2, -0.15) is 0 Å². The number of hydrogen-bond acceptors (Lipinski definition) is 4. The molecule has 114 valence electrons. The molecule has 0 unspecified atom stereocenters. The average molecular weight is 285 g/mol. The summed E-state index contributed by atoms with van der Waals surface area (Å²) in [6.07, 6.45) is 2.54. The molecule has 20 heavy (non-hydrogen) atoms. The van der Waals surface area contributed by atoms with Gasteiger partial charge in [-0.05, 0) is 12.8 Å². The highest BCUT2D eigenvalue weighted by Crippen LogP contribution is 2.27. The number of amides is 2. The van der Waals surface area contributed by atoms with Crippen LogP contribution in [0.1, 0.15) is 12.8 Å². The summed E-state index contributed by atoms with van der Waals surface area (Å²) < 4.78 is 4.93. The molecule has 2 amide bonds. The van der Waals surface area contributed by atoms with E-state index < -0.39 is 5.97 Å². The maximum Gasteiger partial charge on any atom is 0.323 e. The Bertz CT molecular complexity index is 352. The smallest absolute Gasteiger partial charge is 0.323 e. The van der Waals surface area contributed by atoms with Gasteiger partial charge in [0.25, 0.3) is 0 Å². The molecule has 0 aromatic carbocycles. The van der Waals surface area contributed by atoms with Crippen LogP contribution in [0.4, 0.5) is 4.79 Å². The van der Waals surface area contributed by atoms with Gasteiger partial charge < -0.3 is 19.6 Å². The number of carboxylic acid groups (broad SMARTS) is 1. The summed E-state index contributed by atoms with van der Waals surface area (Å²) in [6, 6.07) is 0.524. The minimum absolute atomic E-state index is 0.195. The van der Waals surface area contributed by atoms with Crippen molar-refractivity contribution in [2.45, 2.75) is 18.9 Å². The molecular weight excluding hydrogens is 262 g/mol. The van der Waals surface area contributed by atoms with Crippen molar-refractivity contribution in [1.82, 2.24) is 14.7 Å². The van der Waals surface area contributed by atoms with Gasteiger partial charge >= 0.3 is 12.0 Å². The number of rotatable bonds is 6. The molecule has 2 fully saturated rings. The molecule has 0 radical (unpaired) electrons. The number of nitrogens with zero attached hydrogens (tertiary/aromatic N) is 3. The summed E-state index contributed by atoms with van der Waals surface area (Å²) in [7, 11) is 1.54. The van der Waals surface area contributed by atoms with Crippen LogP contribution in [0.15, 0.2) is 0 Å². The van der Waals surface area contributed by atoms with Crippen LogP contribution in [0.5, 0.6) is 0 Å². The van der Waals surface area contributed by atoms with Gasteiger partial charge in [-0.1, -0.05) is 0 Å². The van der Waals surface area contributed by atoms with E-state index in [1.807, 2.05) is 0 Å². The lowest BCUT2D eigenvalue weighted by atomic mass is 10.3. The molecule has 0 aromatic heterocycles. The second-order valence-electron chi connectivity index (χ2n) is 5.34. The second kappa shape index (κ2) is 6.90. The van der Waals surface area contributed by atoms with Gasteiger partial charge in [-0.3, -0.25) is 9.69 Å². The molecule has 7 nitrogen and oxygen atoms in total. The summed E-state index contributed by atoms with van der Waals surface area (Å²) >= 11 is 0. The van der Waals surface area contributed by atoms with E-state index in [2.05, 4.69) is 4.90 Å². The number of carboxylic acids is 1. The Morgan fingerprint density at radius 1 is 1.25 bits per heavy atom. The van der Waals surface area contributed by atoms with Gasteiger partial charge in [0.1, 0.15) is 6.54 Å². The lowest BCUT2D eigenvalue weighted by molar-refractivity contribution is -0.137. The van der Waals surface area contributed by atoms with Gasteiger partial charge in [0.05, 0.1) is 6.61 Å². The SMILES string of the molecule is COCCN(CC(=O)O)C(=O)N1CCN(C2CC2)CC1. The Morgan fingerprint density at radius 2 is 1.90 bits per heavy atom. The number of aliphatic carboxylic acids is 1. The van der Waals surface area contributed by atoms with E-state index in [0.29, 0.717) is 26.2 Å². The predicted molar refractivity (Wildman–Crippen MR) is 72.6 cm³/mol. The third-order valence-corrected chi connectivity index (χ3v) is 3.81. The number of urea groups is 1. The highest BCUT2D eigenvalue weighted by molar-refractivity contribution is 5.80. The number of piperazine rings is 1. The highest BCUT2D eigenvalue weighted by atomic mass is 16.5. The third-order valence-electron chi connectivity index (χ3n) is 3.81. The minimum atomic E-state index is -0.994. The zero-order chi connectivity index (χ0) is 14.5. The Morgan fingerprint density at radius 3 is 2.40 bits per heavy atom. The average Bonchev–Trinajstić information content (AvgIpc) is 3.27.